The summed E-state index contributed by atoms with van der Waals surface area (Å²) in [5, 5.41) is 3.63. The Hall–Kier alpha value is -0.350. The summed E-state index contributed by atoms with van der Waals surface area (Å²) in [4.78, 5) is 11.3. The van der Waals surface area contributed by atoms with Crippen molar-refractivity contribution in [3.63, 3.8) is 0 Å². The first-order chi connectivity index (χ1) is 7.13. The SMILES string of the molecule is C[C@H](NC(=O)CCBr)c1ccc(Br)cc1. The average molecular weight is 335 g/mol. The zero-order valence-electron chi connectivity index (χ0n) is 8.47. The third-order valence-electron chi connectivity index (χ3n) is 2.07. The fourth-order valence-corrected chi connectivity index (χ4v) is 1.86. The van der Waals surface area contributed by atoms with Crippen LogP contribution in [-0.4, -0.2) is 11.2 Å². The Bertz CT molecular complexity index is 324. The van der Waals surface area contributed by atoms with Crippen LogP contribution >= 0.6 is 31.9 Å². The van der Waals surface area contributed by atoms with Gasteiger partial charge in [0.1, 0.15) is 0 Å². The minimum absolute atomic E-state index is 0.0599. The molecule has 1 rings (SSSR count). The van der Waals surface area contributed by atoms with Gasteiger partial charge in [-0.2, -0.15) is 0 Å². The summed E-state index contributed by atoms with van der Waals surface area (Å²) in [5.41, 5.74) is 1.11. The quantitative estimate of drug-likeness (QED) is 0.840. The normalized spacial score (nSPS) is 12.2. The van der Waals surface area contributed by atoms with Gasteiger partial charge in [0.05, 0.1) is 6.04 Å². The predicted octanol–water partition coefficient (Wildman–Crippen LogP) is 3.41. The molecule has 1 atom stereocenters. The maximum Gasteiger partial charge on any atom is 0.221 e. The first-order valence-corrected chi connectivity index (χ1v) is 6.65. The zero-order valence-corrected chi connectivity index (χ0v) is 11.6. The van der Waals surface area contributed by atoms with Crippen molar-refractivity contribution in [2.24, 2.45) is 0 Å². The van der Waals surface area contributed by atoms with Crippen LogP contribution in [0.15, 0.2) is 28.7 Å². The van der Waals surface area contributed by atoms with Crippen LogP contribution in [0, 0.1) is 0 Å². The zero-order chi connectivity index (χ0) is 11.3. The molecule has 0 heterocycles. The van der Waals surface area contributed by atoms with Gasteiger partial charge in [-0.15, -0.1) is 0 Å². The summed E-state index contributed by atoms with van der Waals surface area (Å²) in [6.07, 6.45) is 0.515. The summed E-state index contributed by atoms with van der Waals surface area (Å²) in [5.74, 6) is 0.0716. The molecule has 82 valence electrons. The molecule has 15 heavy (non-hydrogen) atoms. The summed E-state index contributed by atoms with van der Waals surface area (Å²) in [7, 11) is 0. The van der Waals surface area contributed by atoms with Gasteiger partial charge < -0.3 is 5.32 Å². The molecule has 4 heteroatoms. The molecule has 0 aliphatic carbocycles. The van der Waals surface area contributed by atoms with Gasteiger partial charge in [0.2, 0.25) is 5.91 Å². The van der Waals surface area contributed by atoms with Crippen molar-refractivity contribution >= 4 is 37.8 Å². The van der Waals surface area contributed by atoms with Crippen LogP contribution in [0.2, 0.25) is 0 Å². The van der Waals surface area contributed by atoms with Gasteiger partial charge in [-0.25, -0.2) is 0 Å². The minimum atomic E-state index is 0.0599. The third-order valence-corrected chi connectivity index (χ3v) is 2.99. The lowest BCUT2D eigenvalue weighted by Gasteiger charge is -2.13. The van der Waals surface area contributed by atoms with Crippen LogP contribution in [0.4, 0.5) is 0 Å². The highest BCUT2D eigenvalue weighted by Gasteiger charge is 2.08. The van der Waals surface area contributed by atoms with E-state index in [0.717, 1.165) is 10.0 Å². The predicted molar refractivity (Wildman–Crippen MR) is 69.1 cm³/mol. The standard InChI is InChI=1S/C11H13Br2NO/c1-8(14-11(15)6-7-12)9-2-4-10(13)5-3-9/h2-5,8H,6-7H2,1H3,(H,14,15)/t8-/m0/s1. The van der Waals surface area contributed by atoms with Crippen LogP contribution in [0.25, 0.3) is 0 Å². The first kappa shape index (κ1) is 12.7. The molecule has 1 N–H and O–H groups in total. The Morgan fingerprint density at radius 1 is 1.40 bits per heavy atom. The molecule has 0 aromatic heterocycles. The van der Waals surface area contributed by atoms with Crippen molar-refractivity contribution in [1.29, 1.82) is 0 Å². The van der Waals surface area contributed by atoms with Crippen molar-refractivity contribution in [3.05, 3.63) is 34.3 Å². The Morgan fingerprint density at radius 2 is 2.00 bits per heavy atom. The van der Waals surface area contributed by atoms with E-state index in [0.29, 0.717) is 11.8 Å². The smallest absolute Gasteiger partial charge is 0.221 e. The van der Waals surface area contributed by atoms with Gasteiger partial charge in [-0.05, 0) is 24.6 Å². The van der Waals surface area contributed by atoms with Crippen molar-refractivity contribution in [1.82, 2.24) is 5.32 Å². The van der Waals surface area contributed by atoms with Gasteiger partial charge >= 0.3 is 0 Å². The maximum atomic E-state index is 11.3. The number of hydrogen-bond donors (Lipinski definition) is 1. The van der Waals surface area contributed by atoms with E-state index in [1.807, 2.05) is 31.2 Å². The van der Waals surface area contributed by atoms with E-state index in [9.17, 15) is 4.79 Å². The molecule has 0 bridgehead atoms. The molecular formula is C11H13Br2NO. The molecule has 1 amide bonds. The molecule has 0 saturated heterocycles. The number of rotatable bonds is 4. The van der Waals surface area contributed by atoms with Gasteiger partial charge in [0.15, 0.2) is 0 Å². The number of amides is 1. The number of alkyl halides is 1. The monoisotopic (exact) mass is 333 g/mol. The molecule has 0 radical (unpaired) electrons. The Balaban J connectivity index is 2.57. The topological polar surface area (TPSA) is 29.1 Å². The number of benzene rings is 1. The van der Waals surface area contributed by atoms with E-state index in [4.69, 9.17) is 0 Å². The second kappa shape index (κ2) is 6.28. The lowest BCUT2D eigenvalue weighted by Crippen LogP contribution is -2.26. The summed E-state index contributed by atoms with van der Waals surface area (Å²) >= 11 is 6.62. The number of carbonyl (C=O) groups excluding carboxylic acids is 1. The fourth-order valence-electron chi connectivity index (χ4n) is 1.23. The van der Waals surface area contributed by atoms with Gasteiger partial charge in [0, 0.05) is 16.2 Å². The van der Waals surface area contributed by atoms with Gasteiger partial charge in [0.25, 0.3) is 0 Å². The molecular weight excluding hydrogens is 322 g/mol. The molecule has 0 fully saturated rings. The number of nitrogens with one attached hydrogen (secondary N) is 1. The molecule has 1 aromatic carbocycles. The molecule has 0 spiro atoms. The second-order valence-corrected chi connectivity index (χ2v) is 4.99. The lowest BCUT2D eigenvalue weighted by molar-refractivity contribution is -0.121. The van der Waals surface area contributed by atoms with Crippen LogP contribution in [-0.2, 0) is 4.79 Å². The highest BCUT2D eigenvalue weighted by atomic mass is 79.9. The summed E-state index contributed by atoms with van der Waals surface area (Å²) in [6, 6.07) is 8.02. The van der Waals surface area contributed by atoms with E-state index in [1.54, 1.807) is 0 Å². The van der Waals surface area contributed by atoms with E-state index >= 15 is 0 Å². The van der Waals surface area contributed by atoms with Crippen LogP contribution in [0.1, 0.15) is 24.9 Å². The Labute approximate surface area is 107 Å². The largest absolute Gasteiger partial charge is 0.350 e. The van der Waals surface area contributed by atoms with Crippen LogP contribution < -0.4 is 5.32 Å². The van der Waals surface area contributed by atoms with E-state index in [-0.39, 0.29) is 11.9 Å². The second-order valence-electron chi connectivity index (χ2n) is 3.28. The van der Waals surface area contributed by atoms with Gasteiger partial charge in [-0.1, -0.05) is 44.0 Å². The Kier molecular flexibility index (Phi) is 5.32. The highest BCUT2D eigenvalue weighted by Crippen LogP contribution is 2.16. The summed E-state index contributed by atoms with van der Waals surface area (Å²) < 4.78 is 1.05. The highest BCUT2D eigenvalue weighted by molar-refractivity contribution is 9.10. The Morgan fingerprint density at radius 3 is 2.53 bits per heavy atom. The van der Waals surface area contributed by atoms with Crippen molar-refractivity contribution in [2.45, 2.75) is 19.4 Å². The maximum absolute atomic E-state index is 11.3. The van der Waals surface area contributed by atoms with Crippen LogP contribution in [0.5, 0.6) is 0 Å². The lowest BCUT2D eigenvalue weighted by atomic mass is 10.1. The minimum Gasteiger partial charge on any atom is -0.350 e. The van der Waals surface area contributed by atoms with E-state index in [1.165, 1.54) is 0 Å². The first-order valence-electron chi connectivity index (χ1n) is 4.74. The van der Waals surface area contributed by atoms with Crippen molar-refractivity contribution in [3.8, 4) is 0 Å². The molecule has 0 aliphatic rings. The summed E-state index contributed by atoms with van der Waals surface area (Å²) in [6.45, 7) is 1.98. The van der Waals surface area contributed by atoms with Gasteiger partial charge in [-0.3, -0.25) is 4.79 Å². The van der Waals surface area contributed by atoms with Crippen LogP contribution in [0.3, 0.4) is 0 Å². The molecule has 0 unspecified atom stereocenters. The average Bonchev–Trinajstić information content (AvgIpc) is 2.18. The number of hydrogen-bond acceptors (Lipinski definition) is 1. The molecule has 2 nitrogen and oxygen atoms in total. The third kappa shape index (κ3) is 4.34. The van der Waals surface area contributed by atoms with Crippen molar-refractivity contribution < 1.29 is 4.79 Å². The van der Waals surface area contributed by atoms with Crippen molar-refractivity contribution in [2.75, 3.05) is 5.33 Å². The molecule has 0 aliphatic heterocycles. The molecule has 0 saturated carbocycles. The van der Waals surface area contributed by atoms with E-state index < -0.39 is 0 Å². The fraction of sp³-hybridized carbons (Fsp3) is 0.364. The number of halogens is 2. The molecule has 1 aromatic rings. The van der Waals surface area contributed by atoms with E-state index in [2.05, 4.69) is 37.2 Å². The number of carbonyl (C=O) groups is 1.